The van der Waals surface area contributed by atoms with Crippen molar-refractivity contribution in [3.05, 3.63) is 52.4 Å². The lowest BCUT2D eigenvalue weighted by atomic mass is 9.85. The maximum absolute atomic E-state index is 4.38. The molecule has 0 aliphatic heterocycles. The van der Waals surface area contributed by atoms with Crippen molar-refractivity contribution in [2.75, 3.05) is 11.9 Å². The average Bonchev–Trinajstić information content (AvgIpc) is 2.37. The second-order valence-corrected chi connectivity index (χ2v) is 6.04. The highest BCUT2D eigenvalue weighted by molar-refractivity contribution is 9.10. The average molecular weight is 320 g/mol. The largest absolute Gasteiger partial charge is 0.369 e. The summed E-state index contributed by atoms with van der Waals surface area (Å²) >= 11 is 3.39. The molecule has 0 spiro atoms. The first-order valence-electron chi connectivity index (χ1n) is 6.28. The van der Waals surface area contributed by atoms with Gasteiger partial charge in [-0.3, -0.25) is 0 Å². The molecule has 100 valence electrons. The number of aromatic nitrogens is 2. The molecule has 1 N–H and O–H groups in total. The molecule has 2 aromatic rings. The van der Waals surface area contributed by atoms with Crippen molar-refractivity contribution in [3.8, 4) is 0 Å². The van der Waals surface area contributed by atoms with Crippen LogP contribution in [0.3, 0.4) is 0 Å². The van der Waals surface area contributed by atoms with Crippen LogP contribution >= 0.6 is 15.9 Å². The van der Waals surface area contributed by atoms with E-state index in [4.69, 9.17) is 0 Å². The predicted octanol–water partition coefficient (Wildman–Crippen LogP) is 3.94. The molecule has 0 atom stereocenters. The highest BCUT2D eigenvalue weighted by Gasteiger charge is 2.20. The standard InChI is InChI=1S/C15H18BrN3/c1-11-18-13(16)9-14(19-11)17-10-15(2,3)12-7-5-4-6-8-12/h4-9H,10H2,1-3H3,(H,17,18,19). The monoisotopic (exact) mass is 319 g/mol. The molecule has 0 amide bonds. The zero-order chi connectivity index (χ0) is 13.9. The Labute approximate surface area is 122 Å². The number of hydrogen-bond acceptors (Lipinski definition) is 3. The SMILES string of the molecule is Cc1nc(Br)cc(NCC(C)(C)c2ccccc2)n1. The summed E-state index contributed by atoms with van der Waals surface area (Å²) in [4.78, 5) is 8.58. The Balaban J connectivity index is 2.09. The topological polar surface area (TPSA) is 37.8 Å². The van der Waals surface area contributed by atoms with E-state index in [9.17, 15) is 0 Å². The van der Waals surface area contributed by atoms with Crippen molar-refractivity contribution in [3.63, 3.8) is 0 Å². The molecule has 0 saturated heterocycles. The van der Waals surface area contributed by atoms with E-state index in [1.54, 1.807) is 0 Å². The van der Waals surface area contributed by atoms with E-state index in [0.717, 1.165) is 22.8 Å². The number of aryl methyl sites for hydroxylation is 1. The Morgan fingerprint density at radius 2 is 1.84 bits per heavy atom. The maximum Gasteiger partial charge on any atom is 0.130 e. The summed E-state index contributed by atoms with van der Waals surface area (Å²) in [5.74, 6) is 1.61. The summed E-state index contributed by atoms with van der Waals surface area (Å²) in [6, 6.07) is 12.4. The van der Waals surface area contributed by atoms with Gasteiger partial charge >= 0.3 is 0 Å². The Morgan fingerprint density at radius 1 is 1.16 bits per heavy atom. The highest BCUT2D eigenvalue weighted by atomic mass is 79.9. The minimum Gasteiger partial charge on any atom is -0.369 e. The van der Waals surface area contributed by atoms with E-state index in [2.05, 4.69) is 69.3 Å². The quantitative estimate of drug-likeness (QED) is 0.867. The number of rotatable bonds is 4. The van der Waals surface area contributed by atoms with Gasteiger partial charge in [-0.15, -0.1) is 0 Å². The van der Waals surface area contributed by atoms with Gasteiger partial charge in [-0.1, -0.05) is 44.2 Å². The number of nitrogens with one attached hydrogen (secondary N) is 1. The molecular formula is C15H18BrN3. The zero-order valence-electron chi connectivity index (χ0n) is 11.4. The highest BCUT2D eigenvalue weighted by Crippen LogP contribution is 2.23. The van der Waals surface area contributed by atoms with E-state index in [-0.39, 0.29) is 5.41 Å². The molecule has 19 heavy (non-hydrogen) atoms. The lowest BCUT2D eigenvalue weighted by Crippen LogP contribution is -2.27. The zero-order valence-corrected chi connectivity index (χ0v) is 13.0. The fourth-order valence-electron chi connectivity index (χ4n) is 1.92. The van der Waals surface area contributed by atoms with Crippen LogP contribution in [-0.2, 0) is 5.41 Å². The molecule has 0 saturated carbocycles. The molecule has 0 aliphatic rings. The van der Waals surface area contributed by atoms with Gasteiger partial charge in [-0.25, -0.2) is 9.97 Å². The summed E-state index contributed by atoms with van der Waals surface area (Å²) in [6.07, 6.45) is 0. The van der Waals surface area contributed by atoms with E-state index in [1.165, 1.54) is 5.56 Å². The molecule has 0 radical (unpaired) electrons. The molecule has 0 bridgehead atoms. The second-order valence-electron chi connectivity index (χ2n) is 5.23. The fraction of sp³-hybridized carbons (Fsp3) is 0.333. The van der Waals surface area contributed by atoms with Crippen LogP contribution in [0.15, 0.2) is 41.0 Å². The molecule has 0 fully saturated rings. The summed E-state index contributed by atoms with van der Waals surface area (Å²) in [5, 5.41) is 3.38. The predicted molar refractivity (Wildman–Crippen MR) is 82.4 cm³/mol. The summed E-state index contributed by atoms with van der Waals surface area (Å²) in [6.45, 7) is 7.15. The molecule has 4 heteroatoms. The fourth-order valence-corrected chi connectivity index (χ4v) is 2.40. The van der Waals surface area contributed by atoms with Gasteiger partial charge in [0.2, 0.25) is 0 Å². The first kappa shape index (κ1) is 14.0. The van der Waals surface area contributed by atoms with E-state index in [1.807, 2.05) is 19.1 Å². The van der Waals surface area contributed by atoms with Crippen LogP contribution in [0.4, 0.5) is 5.82 Å². The van der Waals surface area contributed by atoms with Crippen LogP contribution in [0, 0.1) is 6.92 Å². The number of anilines is 1. The Bertz CT molecular complexity index is 532. The number of nitrogens with zero attached hydrogens (tertiary/aromatic N) is 2. The van der Waals surface area contributed by atoms with Crippen molar-refractivity contribution in [2.45, 2.75) is 26.2 Å². The van der Waals surface area contributed by atoms with Gasteiger partial charge in [0.15, 0.2) is 0 Å². The van der Waals surface area contributed by atoms with Crippen molar-refractivity contribution >= 4 is 21.7 Å². The number of hydrogen-bond donors (Lipinski definition) is 1. The van der Waals surface area contributed by atoms with Crippen LogP contribution in [0.25, 0.3) is 0 Å². The first-order chi connectivity index (χ1) is 8.97. The summed E-state index contributed by atoms with van der Waals surface area (Å²) in [5.41, 5.74) is 1.36. The first-order valence-corrected chi connectivity index (χ1v) is 7.07. The second kappa shape index (κ2) is 5.70. The summed E-state index contributed by atoms with van der Waals surface area (Å²) in [7, 11) is 0. The third kappa shape index (κ3) is 3.77. The molecule has 2 rings (SSSR count). The molecule has 1 aromatic carbocycles. The molecule has 0 aliphatic carbocycles. The normalized spacial score (nSPS) is 11.4. The van der Waals surface area contributed by atoms with Gasteiger partial charge in [0.25, 0.3) is 0 Å². The van der Waals surface area contributed by atoms with E-state index < -0.39 is 0 Å². The lowest BCUT2D eigenvalue weighted by Gasteiger charge is -2.26. The lowest BCUT2D eigenvalue weighted by molar-refractivity contribution is 0.556. The number of benzene rings is 1. The van der Waals surface area contributed by atoms with Crippen LogP contribution < -0.4 is 5.32 Å². The van der Waals surface area contributed by atoms with Crippen molar-refractivity contribution in [1.29, 1.82) is 0 Å². The van der Waals surface area contributed by atoms with E-state index >= 15 is 0 Å². The molecule has 3 nitrogen and oxygen atoms in total. The van der Waals surface area contributed by atoms with Crippen LogP contribution in [-0.4, -0.2) is 16.5 Å². The minimum absolute atomic E-state index is 0.0482. The van der Waals surface area contributed by atoms with Crippen molar-refractivity contribution in [1.82, 2.24) is 9.97 Å². The molecule has 1 heterocycles. The van der Waals surface area contributed by atoms with Gasteiger partial charge < -0.3 is 5.32 Å². The van der Waals surface area contributed by atoms with Crippen molar-refractivity contribution < 1.29 is 0 Å². The summed E-state index contributed by atoms with van der Waals surface area (Å²) < 4.78 is 0.806. The van der Waals surface area contributed by atoms with Crippen LogP contribution in [0.2, 0.25) is 0 Å². The van der Waals surface area contributed by atoms with Gasteiger partial charge in [-0.05, 0) is 28.4 Å². The van der Waals surface area contributed by atoms with Gasteiger partial charge in [-0.2, -0.15) is 0 Å². The Kier molecular flexibility index (Phi) is 4.20. The smallest absolute Gasteiger partial charge is 0.130 e. The van der Waals surface area contributed by atoms with Crippen LogP contribution in [0.1, 0.15) is 25.2 Å². The van der Waals surface area contributed by atoms with E-state index in [0.29, 0.717) is 0 Å². The molecular weight excluding hydrogens is 302 g/mol. The maximum atomic E-state index is 4.38. The van der Waals surface area contributed by atoms with Gasteiger partial charge in [0.05, 0.1) is 0 Å². The third-order valence-corrected chi connectivity index (χ3v) is 3.48. The van der Waals surface area contributed by atoms with Gasteiger partial charge in [0.1, 0.15) is 16.2 Å². The Hall–Kier alpha value is -1.42. The minimum atomic E-state index is 0.0482. The van der Waals surface area contributed by atoms with Crippen molar-refractivity contribution in [2.24, 2.45) is 0 Å². The Morgan fingerprint density at radius 3 is 2.47 bits per heavy atom. The third-order valence-electron chi connectivity index (χ3n) is 3.07. The van der Waals surface area contributed by atoms with Crippen LogP contribution in [0.5, 0.6) is 0 Å². The molecule has 1 aromatic heterocycles. The van der Waals surface area contributed by atoms with Gasteiger partial charge in [0, 0.05) is 18.0 Å². The molecule has 0 unspecified atom stereocenters. The number of halogens is 1.